The Kier molecular flexibility index (Phi) is 4.68. The number of pyridine rings is 1. The number of rotatable bonds is 3. The minimum Gasteiger partial charge on any atom is -0.483 e. The Labute approximate surface area is 141 Å². The molecule has 1 aliphatic carbocycles. The van der Waals surface area contributed by atoms with Gasteiger partial charge in [-0.25, -0.2) is 0 Å². The topological polar surface area (TPSA) is 88.0 Å². The van der Waals surface area contributed by atoms with Gasteiger partial charge in [-0.15, -0.1) is 10.2 Å². The van der Waals surface area contributed by atoms with Gasteiger partial charge < -0.3 is 10.4 Å². The van der Waals surface area contributed by atoms with Crippen LogP contribution in [-0.4, -0.2) is 26.8 Å². The third-order valence-electron chi connectivity index (χ3n) is 3.31. The van der Waals surface area contributed by atoms with Crippen molar-refractivity contribution in [2.24, 2.45) is 0 Å². The SMILES string of the molecule is Clc1ccc2c(Nc3nnc(C4CC4)s3)ccnc2c1.O=CO. The van der Waals surface area contributed by atoms with Crippen molar-refractivity contribution >= 4 is 51.1 Å². The number of nitrogens with one attached hydrogen (secondary N) is 1. The van der Waals surface area contributed by atoms with E-state index in [1.54, 1.807) is 17.5 Å². The summed E-state index contributed by atoms with van der Waals surface area (Å²) in [4.78, 5) is 12.7. The van der Waals surface area contributed by atoms with Gasteiger partial charge in [0.15, 0.2) is 0 Å². The maximum Gasteiger partial charge on any atom is 0.290 e. The van der Waals surface area contributed by atoms with Gasteiger partial charge >= 0.3 is 0 Å². The number of hydrogen-bond donors (Lipinski definition) is 2. The average Bonchev–Trinajstić information content (AvgIpc) is 3.28. The summed E-state index contributed by atoms with van der Waals surface area (Å²) in [6.45, 7) is -0.250. The molecule has 0 aliphatic heterocycles. The van der Waals surface area contributed by atoms with E-state index < -0.39 is 0 Å². The van der Waals surface area contributed by atoms with Crippen molar-refractivity contribution in [1.82, 2.24) is 15.2 Å². The number of benzene rings is 1. The van der Waals surface area contributed by atoms with Crippen LogP contribution in [-0.2, 0) is 4.79 Å². The number of carbonyl (C=O) groups is 1. The van der Waals surface area contributed by atoms with Gasteiger partial charge in [-0.05, 0) is 37.1 Å². The van der Waals surface area contributed by atoms with E-state index in [4.69, 9.17) is 21.5 Å². The fourth-order valence-electron chi connectivity index (χ4n) is 2.13. The number of hydrogen-bond acceptors (Lipinski definition) is 6. The fraction of sp³-hybridized carbons (Fsp3) is 0.200. The van der Waals surface area contributed by atoms with E-state index in [-0.39, 0.29) is 6.47 Å². The number of anilines is 2. The fourth-order valence-corrected chi connectivity index (χ4v) is 3.22. The van der Waals surface area contributed by atoms with E-state index in [0.29, 0.717) is 10.9 Å². The zero-order chi connectivity index (χ0) is 16.2. The highest BCUT2D eigenvalue weighted by atomic mass is 35.5. The molecule has 118 valence electrons. The van der Waals surface area contributed by atoms with Crippen LogP contribution in [0.3, 0.4) is 0 Å². The van der Waals surface area contributed by atoms with Gasteiger partial charge in [-0.2, -0.15) is 0 Å². The molecule has 1 saturated carbocycles. The molecule has 6 nitrogen and oxygen atoms in total. The molecule has 0 atom stereocenters. The molecule has 23 heavy (non-hydrogen) atoms. The molecular weight excluding hydrogens is 336 g/mol. The van der Waals surface area contributed by atoms with Gasteiger partial charge in [0.2, 0.25) is 5.13 Å². The molecule has 1 fully saturated rings. The van der Waals surface area contributed by atoms with Crippen molar-refractivity contribution in [1.29, 1.82) is 0 Å². The summed E-state index contributed by atoms with van der Waals surface area (Å²) in [7, 11) is 0. The van der Waals surface area contributed by atoms with Crippen molar-refractivity contribution in [3.63, 3.8) is 0 Å². The lowest BCUT2D eigenvalue weighted by Crippen LogP contribution is -1.92. The zero-order valence-electron chi connectivity index (χ0n) is 11.9. The van der Waals surface area contributed by atoms with E-state index in [9.17, 15) is 0 Å². The normalized spacial score (nSPS) is 13.3. The number of fused-ring (bicyclic) bond motifs is 1. The monoisotopic (exact) mass is 348 g/mol. The molecule has 2 aromatic heterocycles. The molecule has 0 saturated heterocycles. The highest BCUT2D eigenvalue weighted by Gasteiger charge is 2.27. The van der Waals surface area contributed by atoms with E-state index in [1.807, 2.05) is 24.3 Å². The van der Waals surface area contributed by atoms with Gasteiger partial charge in [-0.3, -0.25) is 9.78 Å². The quantitative estimate of drug-likeness (QED) is 0.694. The Balaban J connectivity index is 0.000000485. The van der Waals surface area contributed by atoms with Crippen LogP contribution in [0, 0.1) is 0 Å². The zero-order valence-corrected chi connectivity index (χ0v) is 13.5. The average molecular weight is 349 g/mol. The lowest BCUT2D eigenvalue weighted by atomic mass is 10.2. The van der Waals surface area contributed by atoms with Gasteiger partial charge in [0.1, 0.15) is 5.01 Å². The summed E-state index contributed by atoms with van der Waals surface area (Å²) < 4.78 is 0. The summed E-state index contributed by atoms with van der Waals surface area (Å²) in [5.74, 6) is 0.635. The number of nitrogens with zero attached hydrogens (tertiary/aromatic N) is 3. The minimum atomic E-state index is -0.250. The molecule has 4 rings (SSSR count). The predicted octanol–water partition coefficient (Wildman–Crippen LogP) is 4.06. The number of halogens is 1. The first-order valence-electron chi connectivity index (χ1n) is 6.94. The Morgan fingerprint density at radius 3 is 2.83 bits per heavy atom. The van der Waals surface area contributed by atoms with Crippen LogP contribution in [0.4, 0.5) is 10.8 Å². The molecule has 3 aromatic rings. The van der Waals surface area contributed by atoms with Crippen LogP contribution < -0.4 is 5.32 Å². The third kappa shape index (κ3) is 3.75. The van der Waals surface area contributed by atoms with E-state index >= 15 is 0 Å². The molecule has 8 heteroatoms. The van der Waals surface area contributed by atoms with Gasteiger partial charge in [0, 0.05) is 22.5 Å². The second-order valence-electron chi connectivity index (χ2n) is 4.97. The van der Waals surface area contributed by atoms with Crippen molar-refractivity contribution in [3.8, 4) is 0 Å². The molecule has 0 radical (unpaired) electrons. The van der Waals surface area contributed by atoms with Gasteiger partial charge in [-0.1, -0.05) is 22.9 Å². The molecule has 1 aliphatic rings. The summed E-state index contributed by atoms with van der Waals surface area (Å²) in [6.07, 6.45) is 4.25. The maximum atomic E-state index is 8.36. The minimum absolute atomic E-state index is 0.250. The molecule has 0 spiro atoms. The summed E-state index contributed by atoms with van der Waals surface area (Å²) in [5, 5.41) is 22.3. The van der Waals surface area contributed by atoms with Crippen LogP contribution in [0.2, 0.25) is 5.02 Å². The summed E-state index contributed by atoms with van der Waals surface area (Å²) in [5.41, 5.74) is 1.85. The van der Waals surface area contributed by atoms with Crippen molar-refractivity contribution in [2.45, 2.75) is 18.8 Å². The predicted molar refractivity (Wildman–Crippen MR) is 90.6 cm³/mol. The Bertz CT molecular complexity index is 835. The molecule has 0 amide bonds. The Morgan fingerprint density at radius 1 is 1.30 bits per heavy atom. The lowest BCUT2D eigenvalue weighted by Gasteiger charge is -2.06. The third-order valence-corrected chi connectivity index (χ3v) is 4.55. The first-order valence-corrected chi connectivity index (χ1v) is 8.13. The highest BCUT2D eigenvalue weighted by molar-refractivity contribution is 7.15. The van der Waals surface area contributed by atoms with Crippen LogP contribution in [0.1, 0.15) is 23.8 Å². The molecular formula is C15H13ClN4O2S. The van der Waals surface area contributed by atoms with E-state index in [1.165, 1.54) is 12.8 Å². The Hall–Kier alpha value is -2.25. The van der Waals surface area contributed by atoms with Crippen molar-refractivity contribution in [3.05, 3.63) is 40.5 Å². The smallest absolute Gasteiger partial charge is 0.290 e. The highest BCUT2D eigenvalue weighted by Crippen LogP contribution is 2.42. The maximum absolute atomic E-state index is 8.36. The summed E-state index contributed by atoms with van der Waals surface area (Å²) >= 11 is 7.63. The van der Waals surface area contributed by atoms with E-state index in [0.717, 1.165) is 26.7 Å². The van der Waals surface area contributed by atoms with E-state index in [2.05, 4.69) is 20.5 Å². The van der Waals surface area contributed by atoms with Crippen LogP contribution in [0.15, 0.2) is 30.5 Å². The molecule has 2 heterocycles. The van der Waals surface area contributed by atoms with Crippen LogP contribution in [0.5, 0.6) is 0 Å². The Morgan fingerprint density at radius 2 is 2.09 bits per heavy atom. The number of carboxylic acid groups (broad SMARTS) is 1. The molecule has 2 N–H and O–H groups in total. The van der Waals surface area contributed by atoms with Crippen LogP contribution in [0.25, 0.3) is 10.9 Å². The van der Waals surface area contributed by atoms with Crippen molar-refractivity contribution in [2.75, 3.05) is 5.32 Å². The molecule has 0 unspecified atom stereocenters. The van der Waals surface area contributed by atoms with Crippen molar-refractivity contribution < 1.29 is 9.90 Å². The first kappa shape index (κ1) is 15.6. The lowest BCUT2D eigenvalue weighted by molar-refractivity contribution is -0.122. The molecule has 0 bridgehead atoms. The first-order chi connectivity index (χ1) is 11.2. The second kappa shape index (κ2) is 6.89. The number of aromatic nitrogens is 3. The second-order valence-corrected chi connectivity index (χ2v) is 6.42. The largest absolute Gasteiger partial charge is 0.483 e. The van der Waals surface area contributed by atoms with Crippen LogP contribution >= 0.6 is 22.9 Å². The standard InChI is InChI=1S/C14H11ClN4S.CH2O2/c15-9-3-4-10-11(5-6-16-12(10)7-9)17-14-19-18-13(20-14)8-1-2-8;2-1-3/h3-8H,1-2H2,(H,16,17,19);1H,(H,2,3). The van der Waals surface area contributed by atoms with Gasteiger partial charge in [0.25, 0.3) is 6.47 Å². The molecule has 1 aromatic carbocycles. The van der Waals surface area contributed by atoms with Gasteiger partial charge in [0.05, 0.1) is 11.2 Å². The summed E-state index contributed by atoms with van der Waals surface area (Å²) in [6, 6.07) is 7.63.